The molecule has 1 unspecified atom stereocenters. The molecule has 0 spiro atoms. The van der Waals surface area contributed by atoms with Gasteiger partial charge in [0.05, 0.1) is 12.2 Å². The van der Waals surface area contributed by atoms with E-state index in [1.807, 2.05) is 6.08 Å². The van der Waals surface area contributed by atoms with Crippen molar-refractivity contribution in [1.29, 1.82) is 0 Å². The zero-order chi connectivity index (χ0) is 14.8. The highest BCUT2D eigenvalue weighted by Gasteiger charge is 2.46. The van der Waals surface area contributed by atoms with E-state index < -0.39 is 6.10 Å². The molecule has 0 saturated carbocycles. The summed E-state index contributed by atoms with van der Waals surface area (Å²) < 4.78 is 16.5. The largest absolute Gasteiger partial charge is 0.454 e. The van der Waals surface area contributed by atoms with Crippen molar-refractivity contribution in [1.82, 2.24) is 4.90 Å². The highest BCUT2D eigenvalue weighted by Crippen LogP contribution is 2.49. The molecule has 22 heavy (non-hydrogen) atoms. The van der Waals surface area contributed by atoms with Gasteiger partial charge in [0.1, 0.15) is 0 Å². The second kappa shape index (κ2) is 4.47. The number of nitrogens with zero attached hydrogens (tertiary/aromatic N) is 1. The van der Waals surface area contributed by atoms with Crippen molar-refractivity contribution >= 4 is 0 Å². The van der Waals surface area contributed by atoms with Crippen LogP contribution in [0.2, 0.25) is 0 Å². The van der Waals surface area contributed by atoms with Crippen molar-refractivity contribution in [2.45, 2.75) is 37.1 Å². The normalized spacial score (nSPS) is 37.5. The third kappa shape index (κ3) is 1.64. The number of ether oxygens (including phenoxy) is 3. The van der Waals surface area contributed by atoms with Crippen molar-refractivity contribution in [2.75, 3.05) is 20.4 Å². The number of benzene rings is 1. The average Bonchev–Trinajstić information content (AvgIpc) is 3.08. The second-order valence-electron chi connectivity index (χ2n) is 6.57. The molecule has 0 amide bonds. The number of hydrogen-bond donors (Lipinski definition) is 1. The van der Waals surface area contributed by atoms with Gasteiger partial charge in [-0.2, -0.15) is 0 Å². The van der Waals surface area contributed by atoms with Crippen LogP contribution < -0.4 is 9.47 Å². The predicted octanol–water partition coefficient (Wildman–Crippen LogP) is 1.40. The summed E-state index contributed by atoms with van der Waals surface area (Å²) in [4.78, 5) is 2.50. The van der Waals surface area contributed by atoms with Crippen LogP contribution in [0.25, 0.3) is 0 Å². The van der Waals surface area contributed by atoms with E-state index >= 15 is 0 Å². The van der Waals surface area contributed by atoms with Crippen LogP contribution >= 0.6 is 0 Å². The molecule has 0 aromatic heterocycles. The number of aliphatic hydroxyl groups is 1. The molecule has 1 aliphatic carbocycles. The predicted molar refractivity (Wildman–Crippen MR) is 79.0 cm³/mol. The number of rotatable bonds is 1. The fraction of sp³-hybridized carbons (Fsp3) is 0.529. The average molecular weight is 301 g/mol. The highest BCUT2D eigenvalue weighted by atomic mass is 16.7. The third-order valence-corrected chi connectivity index (χ3v) is 5.53. The first-order valence-corrected chi connectivity index (χ1v) is 7.83. The van der Waals surface area contributed by atoms with E-state index in [0.717, 1.165) is 31.0 Å². The van der Waals surface area contributed by atoms with E-state index in [2.05, 4.69) is 17.0 Å². The van der Waals surface area contributed by atoms with Gasteiger partial charge in [-0.1, -0.05) is 6.08 Å². The third-order valence-electron chi connectivity index (χ3n) is 5.53. The monoisotopic (exact) mass is 301 g/mol. The standard InChI is InChI=1S/C17H19NO4/c1-20-15-5-13-11(3-14(15)19)12-7-18(13)6-9-2-16-17(4-10(9)12)22-8-21-16/h2-4,12-15,19H,5-8H2,1H3/t12-,13-,14+,15+/m0/s1. The van der Waals surface area contributed by atoms with Gasteiger partial charge < -0.3 is 19.3 Å². The van der Waals surface area contributed by atoms with Gasteiger partial charge in [0.2, 0.25) is 6.79 Å². The molecule has 5 nitrogen and oxygen atoms in total. The smallest absolute Gasteiger partial charge is 0.231 e. The SMILES string of the molecule is CO[C@@H]1C[C@H]2C(=C[C@H]1O)[C@H]1CN2Cc2cc3c(cc21)OCO3. The molecule has 116 valence electrons. The summed E-state index contributed by atoms with van der Waals surface area (Å²) in [6.45, 7) is 2.26. The molecule has 5 heteroatoms. The Balaban J connectivity index is 1.59. The summed E-state index contributed by atoms with van der Waals surface area (Å²) in [5.74, 6) is 2.06. The molecule has 5 rings (SSSR count). The number of hydrogen-bond acceptors (Lipinski definition) is 5. The number of fused-ring (bicyclic) bond motifs is 8. The molecule has 1 aromatic carbocycles. The lowest BCUT2D eigenvalue weighted by atomic mass is 9.82. The van der Waals surface area contributed by atoms with Gasteiger partial charge in [-0.15, -0.1) is 0 Å². The minimum Gasteiger partial charge on any atom is -0.454 e. The quantitative estimate of drug-likeness (QED) is 0.795. The van der Waals surface area contributed by atoms with E-state index in [9.17, 15) is 5.11 Å². The highest BCUT2D eigenvalue weighted by molar-refractivity contribution is 5.54. The van der Waals surface area contributed by atoms with Crippen molar-refractivity contribution in [3.8, 4) is 11.5 Å². The molecular formula is C17H19NO4. The molecular weight excluding hydrogens is 282 g/mol. The molecule has 1 aromatic rings. The minimum absolute atomic E-state index is 0.104. The lowest BCUT2D eigenvalue weighted by Gasteiger charge is -2.33. The number of methoxy groups -OCH3 is 1. The van der Waals surface area contributed by atoms with Gasteiger partial charge in [-0.05, 0) is 35.3 Å². The number of aliphatic hydroxyl groups excluding tert-OH is 1. The van der Waals surface area contributed by atoms with Gasteiger partial charge >= 0.3 is 0 Å². The molecule has 3 aliphatic heterocycles. The minimum atomic E-state index is -0.505. The lowest BCUT2D eigenvalue weighted by molar-refractivity contribution is -0.0108. The van der Waals surface area contributed by atoms with Crippen molar-refractivity contribution in [3.63, 3.8) is 0 Å². The fourth-order valence-electron chi connectivity index (χ4n) is 4.45. The Bertz CT molecular complexity index is 671. The van der Waals surface area contributed by atoms with E-state index in [4.69, 9.17) is 14.2 Å². The van der Waals surface area contributed by atoms with E-state index in [-0.39, 0.29) is 6.10 Å². The molecule has 0 radical (unpaired) electrons. The van der Waals surface area contributed by atoms with E-state index in [1.165, 1.54) is 16.7 Å². The zero-order valence-electron chi connectivity index (χ0n) is 12.5. The van der Waals surface area contributed by atoms with E-state index in [1.54, 1.807) is 7.11 Å². The van der Waals surface area contributed by atoms with Crippen LogP contribution in [0.4, 0.5) is 0 Å². The maximum absolute atomic E-state index is 10.3. The summed E-state index contributed by atoms with van der Waals surface area (Å²) in [6.07, 6.45) is 2.27. The fourth-order valence-corrected chi connectivity index (χ4v) is 4.45. The van der Waals surface area contributed by atoms with Crippen LogP contribution in [0.1, 0.15) is 23.5 Å². The topological polar surface area (TPSA) is 51.2 Å². The van der Waals surface area contributed by atoms with E-state index in [0.29, 0.717) is 18.8 Å². The van der Waals surface area contributed by atoms with Crippen LogP contribution in [0.3, 0.4) is 0 Å². The summed E-state index contributed by atoms with van der Waals surface area (Å²) in [5, 5.41) is 10.3. The van der Waals surface area contributed by atoms with Crippen LogP contribution in [0.15, 0.2) is 23.8 Å². The van der Waals surface area contributed by atoms with Crippen molar-refractivity contribution in [2.24, 2.45) is 0 Å². The maximum Gasteiger partial charge on any atom is 0.231 e. The molecule has 1 saturated heterocycles. The Morgan fingerprint density at radius 1 is 1.27 bits per heavy atom. The molecule has 3 heterocycles. The van der Waals surface area contributed by atoms with Crippen molar-refractivity contribution < 1.29 is 19.3 Å². The molecule has 1 N–H and O–H groups in total. The Labute approximate surface area is 129 Å². The van der Waals surface area contributed by atoms with Gasteiger partial charge in [-0.3, -0.25) is 4.90 Å². The van der Waals surface area contributed by atoms with Crippen LogP contribution in [-0.4, -0.2) is 48.7 Å². The molecule has 2 bridgehead atoms. The summed E-state index contributed by atoms with van der Waals surface area (Å²) in [7, 11) is 1.68. The maximum atomic E-state index is 10.3. The summed E-state index contributed by atoms with van der Waals surface area (Å²) in [5.41, 5.74) is 4.00. The first-order valence-electron chi connectivity index (χ1n) is 7.83. The Morgan fingerprint density at radius 2 is 2.09 bits per heavy atom. The lowest BCUT2D eigenvalue weighted by Crippen LogP contribution is -2.40. The zero-order valence-corrected chi connectivity index (χ0v) is 12.5. The van der Waals surface area contributed by atoms with Gasteiger partial charge in [-0.25, -0.2) is 0 Å². The Hall–Kier alpha value is -1.56. The van der Waals surface area contributed by atoms with Crippen LogP contribution in [0.5, 0.6) is 11.5 Å². The molecule has 1 fully saturated rings. The molecule has 5 atom stereocenters. The van der Waals surface area contributed by atoms with Crippen LogP contribution in [0, 0.1) is 0 Å². The Morgan fingerprint density at radius 3 is 2.91 bits per heavy atom. The van der Waals surface area contributed by atoms with Crippen molar-refractivity contribution in [3.05, 3.63) is 34.9 Å². The first-order chi connectivity index (χ1) is 10.7. The Kier molecular flexibility index (Phi) is 2.63. The second-order valence-corrected chi connectivity index (χ2v) is 6.57. The summed E-state index contributed by atoms with van der Waals surface area (Å²) >= 11 is 0. The van der Waals surface area contributed by atoms with Gasteiger partial charge in [0.25, 0.3) is 0 Å². The first kappa shape index (κ1) is 12.9. The molecule has 4 aliphatic rings. The van der Waals surface area contributed by atoms with Gasteiger partial charge in [0.15, 0.2) is 11.5 Å². The van der Waals surface area contributed by atoms with Gasteiger partial charge in [0, 0.05) is 32.2 Å². The summed E-state index contributed by atoms with van der Waals surface area (Å²) in [6, 6.07) is 4.64. The van der Waals surface area contributed by atoms with Crippen LogP contribution in [-0.2, 0) is 11.3 Å².